The molecule has 3 aromatic rings. The minimum absolute atomic E-state index is 0.162. The molecule has 0 spiro atoms. The number of fused-ring (bicyclic) bond motifs is 1. The lowest BCUT2D eigenvalue weighted by molar-refractivity contribution is -0.153. The summed E-state index contributed by atoms with van der Waals surface area (Å²) in [5, 5.41) is 0. The van der Waals surface area contributed by atoms with E-state index in [9.17, 15) is 26.4 Å². The molecule has 2 N–H and O–H groups in total. The third-order valence-corrected chi connectivity index (χ3v) is 8.88. The fraction of sp³-hybridized carbons (Fsp3) is 0.375. The molecular weight excluding hydrogens is 529 g/mol. The summed E-state index contributed by atoms with van der Waals surface area (Å²) in [6, 6.07) is 6.71. The Morgan fingerprint density at radius 2 is 1.95 bits per heavy atom. The van der Waals surface area contributed by atoms with E-state index >= 15 is 0 Å². The van der Waals surface area contributed by atoms with E-state index in [0.717, 1.165) is 47.5 Å². The van der Waals surface area contributed by atoms with Crippen molar-refractivity contribution in [3.05, 3.63) is 66.1 Å². The lowest BCUT2D eigenvalue weighted by atomic mass is 9.67. The number of imidazole rings is 1. The number of thiocarbonyl (C=S) groups is 1. The van der Waals surface area contributed by atoms with Crippen LogP contribution in [-0.2, 0) is 31.1 Å². The van der Waals surface area contributed by atoms with E-state index in [1.165, 1.54) is 0 Å². The fourth-order valence-corrected chi connectivity index (χ4v) is 6.16. The first-order valence-corrected chi connectivity index (χ1v) is 13.3. The van der Waals surface area contributed by atoms with Gasteiger partial charge < -0.3 is 14.9 Å². The van der Waals surface area contributed by atoms with Crippen LogP contribution in [0.15, 0.2) is 59.9 Å². The van der Waals surface area contributed by atoms with Gasteiger partial charge in [0.15, 0.2) is 0 Å². The molecule has 8 nitrogen and oxygen atoms in total. The van der Waals surface area contributed by atoms with Gasteiger partial charge in [0.25, 0.3) is 0 Å². The number of halogens is 3. The van der Waals surface area contributed by atoms with Crippen molar-refractivity contribution in [1.29, 1.82) is 0 Å². The summed E-state index contributed by atoms with van der Waals surface area (Å²) in [6.45, 7) is -0.645. The average molecular weight is 555 g/mol. The van der Waals surface area contributed by atoms with Crippen LogP contribution in [0.3, 0.4) is 0 Å². The quantitative estimate of drug-likeness (QED) is 0.351. The molecule has 0 bridgehead atoms. The molecule has 0 amide bonds. The second-order valence-corrected chi connectivity index (χ2v) is 11.4. The van der Waals surface area contributed by atoms with Crippen LogP contribution in [0.1, 0.15) is 36.8 Å². The van der Waals surface area contributed by atoms with E-state index in [2.05, 4.69) is 4.98 Å². The van der Waals surface area contributed by atoms with Gasteiger partial charge in [-0.15, -0.1) is 0 Å². The highest BCUT2D eigenvalue weighted by molar-refractivity contribution is 7.89. The summed E-state index contributed by atoms with van der Waals surface area (Å²) >= 11 is 5.46. The molecule has 1 aromatic carbocycles. The Morgan fingerprint density at radius 3 is 2.59 bits per heavy atom. The predicted octanol–water partition coefficient (Wildman–Crippen LogP) is 3.68. The number of pyridine rings is 1. The molecule has 1 aliphatic carbocycles. The SMILES string of the molecule is CN(CC(=O)OC1CCCCC1(C(N)=S)c1ccc2nccn2c1)S(=O)(=O)c1ccc(C(F)(F)F)cc1. The van der Waals surface area contributed by atoms with Gasteiger partial charge in [0.2, 0.25) is 10.0 Å². The zero-order valence-electron chi connectivity index (χ0n) is 19.8. The van der Waals surface area contributed by atoms with Gasteiger partial charge in [0, 0.05) is 25.6 Å². The molecule has 2 aromatic heterocycles. The second kappa shape index (κ2) is 10.0. The number of nitrogens with zero attached hydrogens (tertiary/aromatic N) is 3. The molecule has 0 radical (unpaired) electrons. The number of aromatic nitrogens is 2. The third-order valence-electron chi connectivity index (χ3n) is 6.70. The van der Waals surface area contributed by atoms with Gasteiger partial charge in [-0.3, -0.25) is 4.79 Å². The van der Waals surface area contributed by atoms with Gasteiger partial charge in [-0.25, -0.2) is 13.4 Å². The van der Waals surface area contributed by atoms with Crippen LogP contribution in [0.4, 0.5) is 13.2 Å². The maximum Gasteiger partial charge on any atom is 0.416 e. The molecule has 1 saturated carbocycles. The van der Waals surface area contributed by atoms with Crippen LogP contribution >= 0.6 is 12.2 Å². The number of esters is 1. The molecule has 4 rings (SSSR count). The first kappa shape index (κ1) is 27.0. The zero-order chi connectivity index (χ0) is 27.0. The van der Waals surface area contributed by atoms with Crippen molar-refractivity contribution in [2.24, 2.45) is 5.73 Å². The highest BCUT2D eigenvalue weighted by atomic mass is 32.2. The molecule has 2 unspecified atom stereocenters. The van der Waals surface area contributed by atoms with E-state index in [-0.39, 0.29) is 9.88 Å². The van der Waals surface area contributed by atoms with Crippen molar-refractivity contribution in [1.82, 2.24) is 13.7 Å². The van der Waals surface area contributed by atoms with E-state index in [4.69, 9.17) is 22.7 Å². The number of alkyl halides is 3. The van der Waals surface area contributed by atoms with Crippen molar-refractivity contribution >= 4 is 38.8 Å². The van der Waals surface area contributed by atoms with Crippen LogP contribution in [0, 0.1) is 0 Å². The molecule has 2 atom stereocenters. The Balaban J connectivity index is 1.54. The second-order valence-electron chi connectivity index (χ2n) is 8.95. The molecule has 1 aliphatic rings. The first-order valence-electron chi connectivity index (χ1n) is 11.4. The van der Waals surface area contributed by atoms with Crippen molar-refractivity contribution in [3.63, 3.8) is 0 Å². The minimum Gasteiger partial charge on any atom is -0.460 e. The molecule has 13 heteroatoms. The van der Waals surface area contributed by atoms with Crippen LogP contribution in [-0.4, -0.2) is 52.8 Å². The highest BCUT2D eigenvalue weighted by Gasteiger charge is 2.47. The fourth-order valence-electron chi connectivity index (χ4n) is 4.70. The topological polar surface area (TPSA) is 107 Å². The molecule has 198 valence electrons. The minimum atomic E-state index is -4.60. The number of nitrogens with two attached hydrogens (primary N) is 1. The van der Waals surface area contributed by atoms with Crippen LogP contribution in [0.25, 0.3) is 5.65 Å². The lowest BCUT2D eigenvalue weighted by Crippen LogP contribution is -2.53. The summed E-state index contributed by atoms with van der Waals surface area (Å²) in [4.78, 5) is 16.9. The van der Waals surface area contributed by atoms with Gasteiger partial charge >= 0.3 is 12.1 Å². The van der Waals surface area contributed by atoms with E-state index in [1.54, 1.807) is 12.4 Å². The molecule has 0 saturated heterocycles. The zero-order valence-corrected chi connectivity index (χ0v) is 21.4. The van der Waals surface area contributed by atoms with Gasteiger partial charge in [0.05, 0.1) is 20.9 Å². The van der Waals surface area contributed by atoms with Crippen LogP contribution in [0.2, 0.25) is 0 Å². The summed E-state index contributed by atoms with van der Waals surface area (Å²) in [6.07, 6.45) is 2.51. The highest BCUT2D eigenvalue weighted by Crippen LogP contribution is 2.42. The maximum absolute atomic E-state index is 12.9. The van der Waals surface area contributed by atoms with Gasteiger partial charge in [-0.2, -0.15) is 17.5 Å². The largest absolute Gasteiger partial charge is 0.460 e. The molecular formula is C24H25F3N4O4S2. The Morgan fingerprint density at radius 1 is 1.24 bits per heavy atom. The summed E-state index contributed by atoms with van der Waals surface area (Å²) < 4.78 is 72.6. The number of hydrogen-bond acceptors (Lipinski definition) is 6. The average Bonchev–Trinajstić information content (AvgIpc) is 3.31. The number of carbonyl (C=O) groups is 1. The number of benzene rings is 1. The van der Waals surface area contributed by atoms with E-state index < -0.39 is 45.8 Å². The molecule has 2 heterocycles. The maximum atomic E-state index is 12.9. The summed E-state index contributed by atoms with van der Waals surface area (Å²) in [5.41, 5.74) is 5.79. The third kappa shape index (κ3) is 5.20. The van der Waals surface area contributed by atoms with Gasteiger partial charge in [-0.05, 0) is 55.2 Å². The number of sulfonamides is 1. The summed E-state index contributed by atoms with van der Waals surface area (Å²) in [7, 11) is -3.09. The number of carbonyl (C=O) groups excluding carboxylic acids is 1. The van der Waals surface area contributed by atoms with Crippen molar-refractivity contribution in [2.45, 2.75) is 48.3 Å². The molecule has 37 heavy (non-hydrogen) atoms. The lowest BCUT2D eigenvalue weighted by Gasteiger charge is -2.43. The predicted molar refractivity (Wildman–Crippen MR) is 133 cm³/mol. The van der Waals surface area contributed by atoms with Crippen LogP contribution in [0.5, 0.6) is 0 Å². The van der Waals surface area contributed by atoms with Crippen molar-refractivity contribution < 1.29 is 31.1 Å². The first-order chi connectivity index (χ1) is 17.4. The van der Waals surface area contributed by atoms with Crippen LogP contribution < -0.4 is 5.73 Å². The molecule has 1 fully saturated rings. The van der Waals surface area contributed by atoms with Crippen molar-refractivity contribution in [2.75, 3.05) is 13.6 Å². The number of hydrogen-bond donors (Lipinski definition) is 1. The Bertz CT molecular complexity index is 1420. The van der Waals surface area contributed by atoms with E-state index in [1.807, 2.05) is 22.7 Å². The standard InChI is InChI=1S/C24H25F3N4O4S2/c1-30(37(33,34)18-8-5-16(6-9-18)24(25,26)27)15-21(32)35-19-4-2-3-11-23(19,22(28)36)17-7-10-20-29-12-13-31(20)14-17/h5-10,12-14,19H,2-4,11,15H2,1H3,(H2,28,36). The van der Waals surface area contributed by atoms with E-state index in [0.29, 0.717) is 25.0 Å². The van der Waals surface area contributed by atoms with Crippen molar-refractivity contribution in [3.8, 4) is 0 Å². The van der Waals surface area contributed by atoms with Gasteiger partial charge in [0.1, 0.15) is 18.3 Å². The monoisotopic (exact) mass is 554 g/mol. The Hall–Kier alpha value is -3.03. The summed E-state index contributed by atoms with van der Waals surface area (Å²) in [5.74, 6) is -0.825. The Kier molecular flexibility index (Phi) is 7.32. The smallest absolute Gasteiger partial charge is 0.416 e. The van der Waals surface area contributed by atoms with Gasteiger partial charge in [-0.1, -0.05) is 24.7 Å². The number of likely N-dealkylation sites (N-methyl/N-ethyl adjacent to an activating group) is 1. The Labute approximate surface area is 217 Å². The number of ether oxygens (including phenoxy) is 1. The molecule has 0 aliphatic heterocycles. The number of rotatable bonds is 7. The normalized spacial score (nSPS) is 20.7.